The van der Waals surface area contributed by atoms with Crippen molar-refractivity contribution in [3.63, 3.8) is 0 Å². The molecule has 0 aromatic heterocycles. The van der Waals surface area contributed by atoms with Crippen LogP contribution in [0.1, 0.15) is 32.6 Å². The first kappa shape index (κ1) is 16.2. The van der Waals surface area contributed by atoms with E-state index in [0.29, 0.717) is 11.1 Å². The van der Waals surface area contributed by atoms with Gasteiger partial charge in [-0.05, 0) is 56.5 Å². The smallest absolute Gasteiger partial charge is 0.265 e. The van der Waals surface area contributed by atoms with Gasteiger partial charge in [-0.1, -0.05) is 29.8 Å². The minimum atomic E-state index is -3.88. The fraction of sp³-hybridized carbons (Fsp3) is 0.235. The second kappa shape index (κ2) is 5.93. The van der Waals surface area contributed by atoms with Crippen LogP contribution in [-0.4, -0.2) is 14.3 Å². The number of aryl methyl sites for hydroxylation is 3. The fourth-order valence-electron chi connectivity index (χ4n) is 2.33. The predicted molar refractivity (Wildman–Crippen MR) is 86.5 cm³/mol. The van der Waals surface area contributed by atoms with Crippen molar-refractivity contribution in [2.24, 2.45) is 0 Å². The van der Waals surface area contributed by atoms with Gasteiger partial charge in [-0.25, -0.2) is 13.1 Å². The first-order chi connectivity index (χ1) is 10.2. The van der Waals surface area contributed by atoms with E-state index in [1.54, 1.807) is 38.1 Å². The Bertz CT molecular complexity index is 839. The van der Waals surface area contributed by atoms with Crippen LogP contribution in [0.25, 0.3) is 0 Å². The molecule has 0 aliphatic rings. The van der Waals surface area contributed by atoms with Crippen LogP contribution >= 0.6 is 0 Å². The van der Waals surface area contributed by atoms with Crippen molar-refractivity contribution in [2.45, 2.75) is 32.6 Å². The molecule has 0 atom stereocenters. The first-order valence-corrected chi connectivity index (χ1v) is 8.41. The summed E-state index contributed by atoms with van der Waals surface area (Å²) in [6.45, 7) is 7.28. The zero-order chi connectivity index (χ0) is 16.5. The van der Waals surface area contributed by atoms with E-state index in [4.69, 9.17) is 0 Å². The molecule has 4 nitrogen and oxygen atoms in total. The van der Waals surface area contributed by atoms with Crippen LogP contribution in [0.3, 0.4) is 0 Å². The third kappa shape index (κ3) is 3.20. The topological polar surface area (TPSA) is 63.2 Å². The number of rotatable bonds is 3. The Morgan fingerprint density at radius 2 is 1.64 bits per heavy atom. The Kier molecular flexibility index (Phi) is 4.37. The van der Waals surface area contributed by atoms with E-state index < -0.39 is 15.9 Å². The molecule has 0 fully saturated rings. The van der Waals surface area contributed by atoms with Crippen LogP contribution < -0.4 is 4.72 Å². The summed E-state index contributed by atoms with van der Waals surface area (Å²) in [7, 11) is -3.88. The van der Waals surface area contributed by atoms with Gasteiger partial charge in [-0.2, -0.15) is 0 Å². The number of hydrogen-bond donors (Lipinski definition) is 1. The molecule has 0 aliphatic heterocycles. The molecular formula is C17H19NO3S. The van der Waals surface area contributed by atoms with E-state index in [1.807, 2.05) is 19.9 Å². The largest absolute Gasteiger partial charge is 0.268 e. The minimum absolute atomic E-state index is 0.122. The number of carbonyl (C=O) groups is 1. The van der Waals surface area contributed by atoms with Crippen LogP contribution in [-0.2, 0) is 10.0 Å². The van der Waals surface area contributed by atoms with Crippen LogP contribution in [0.5, 0.6) is 0 Å². The van der Waals surface area contributed by atoms with E-state index in [0.717, 1.165) is 16.7 Å². The lowest BCUT2D eigenvalue weighted by Gasteiger charge is -2.12. The molecule has 0 radical (unpaired) electrons. The summed E-state index contributed by atoms with van der Waals surface area (Å²) in [6, 6.07) is 10.2. The molecule has 2 rings (SSSR count). The molecule has 0 unspecified atom stereocenters. The molecule has 5 heteroatoms. The maximum absolute atomic E-state index is 12.4. The molecule has 0 saturated heterocycles. The summed E-state index contributed by atoms with van der Waals surface area (Å²) >= 11 is 0. The van der Waals surface area contributed by atoms with Gasteiger partial charge in [0.1, 0.15) is 0 Å². The third-order valence-corrected chi connectivity index (χ3v) is 5.19. The number of amides is 1. The maximum Gasteiger partial charge on any atom is 0.265 e. The number of sulfonamides is 1. The molecule has 116 valence electrons. The molecule has 2 aromatic carbocycles. The molecule has 0 bridgehead atoms. The van der Waals surface area contributed by atoms with Gasteiger partial charge in [0.05, 0.1) is 4.90 Å². The van der Waals surface area contributed by atoms with Gasteiger partial charge in [0.25, 0.3) is 15.9 Å². The molecule has 22 heavy (non-hydrogen) atoms. The zero-order valence-corrected chi connectivity index (χ0v) is 13.9. The van der Waals surface area contributed by atoms with Gasteiger partial charge in [0.15, 0.2) is 0 Å². The molecule has 0 aliphatic carbocycles. The summed E-state index contributed by atoms with van der Waals surface area (Å²) in [5, 5.41) is 0. The lowest BCUT2D eigenvalue weighted by atomic mass is 10.0. The Balaban J connectivity index is 2.36. The van der Waals surface area contributed by atoms with Crippen molar-refractivity contribution in [3.8, 4) is 0 Å². The fourth-order valence-corrected chi connectivity index (χ4v) is 3.52. The highest BCUT2D eigenvalue weighted by Crippen LogP contribution is 2.18. The van der Waals surface area contributed by atoms with Gasteiger partial charge in [-0.3, -0.25) is 4.79 Å². The molecule has 1 amide bonds. The average Bonchev–Trinajstić information content (AvgIpc) is 2.40. The Labute approximate surface area is 131 Å². The lowest BCUT2D eigenvalue weighted by Crippen LogP contribution is -2.31. The monoisotopic (exact) mass is 317 g/mol. The summed E-state index contributed by atoms with van der Waals surface area (Å²) in [5.41, 5.74) is 3.67. The molecular weight excluding hydrogens is 298 g/mol. The van der Waals surface area contributed by atoms with Gasteiger partial charge in [-0.15, -0.1) is 0 Å². The quantitative estimate of drug-likeness (QED) is 0.946. The van der Waals surface area contributed by atoms with Gasteiger partial charge in [0, 0.05) is 5.56 Å². The average molecular weight is 317 g/mol. The van der Waals surface area contributed by atoms with E-state index >= 15 is 0 Å². The summed E-state index contributed by atoms with van der Waals surface area (Å²) < 4.78 is 27.0. The number of hydrogen-bond acceptors (Lipinski definition) is 3. The van der Waals surface area contributed by atoms with Crippen molar-refractivity contribution < 1.29 is 13.2 Å². The van der Waals surface area contributed by atoms with E-state index in [-0.39, 0.29) is 4.90 Å². The van der Waals surface area contributed by atoms with Crippen molar-refractivity contribution in [1.82, 2.24) is 4.72 Å². The minimum Gasteiger partial charge on any atom is -0.268 e. The predicted octanol–water partition coefficient (Wildman–Crippen LogP) is 3.04. The second-order valence-electron chi connectivity index (χ2n) is 5.45. The van der Waals surface area contributed by atoms with E-state index in [2.05, 4.69) is 4.72 Å². The third-order valence-electron chi connectivity index (χ3n) is 3.70. The highest BCUT2D eigenvalue weighted by molar-refractivity contribution is 7.90. The zero-order valence-electron chi connectivity index (χ0n) is 13.1. The second-order valence-corrected chi connectivity index (χ2v) is 7.10. The van der Waals surface area contributed by atoms with E-state index in [9.17, 15) is 13.2 Å². The molecule has 0 saturated carbocycles. The lowest BCUT2D eigenvalue weighted by molar-refractivity contribution is 0.0980. The Morgan fingerprint density at radius 3 is 2.27 bits per heavy atom. The Hall–Kier alpha value is -2.14. The normalized spacial score (nSPS) is 11.3. The number of carbonyl (C=O) groups excluding carboxylic acids is 1. The summed E-state index contributed by atoms with van der Waals surface area (Å²) in [6.07, 6.45) is 0. The van der Waals surface area contributed by atoms with Crippen LogP contribution in [0, 0.1) is 27.7 Å². The number of nitrogens with one attached hydrogen (secondary N) is 1. The van der Waals surface area contributed by atoms with Crippen molar-refractivity contribution in [3.05, 3.63) is 64.2 Å². The molecule has 0 spiro atoms. The summed E-state index contributed by atoms with van der Waals surface area (Å²) in [4.78, 5) is 12.4. The van der Waals surface area contributed by atoms with Crippen LogP contribution in [0.2, 0.25) is 0 Å². The molecule has 2 aromatic rings. The first-order valence-electron chi connectivity index (χ1n) is 6.93. The van der Waals surface area contributed by atoms with Crippen molar-refractivity contribution >= 4 is 15.9 Å². The number of benzene rings is 2. The van der Waals surface area contributed by atoms with Crippen molar-refractivity contribution in [1.29, 1.82) is 0 Å². The highest BCUT2D eigenvalue weighted by Gasteiger charge is 2.21. The van der Waals surface area contributed by atoms with E-state index in [1.165, 1.54) is 6.07 Å². The summed E-state index contributed by atoms with van der Waals surface area (Å²) in [5.74, 6) is -0.610. The SMILES string of the molecule is Cc1ccc(S(=O)(=O)NC(=O)c2cccc(C)c2C)c(C)c1. The maximum atomic E-state index is 12.4. The van der Waals surface area contributed by atoms with Gasteiger partial charge < -0.3 is 0 Å². The Morgan fingerprint density at radius 1 is 0.955 bits per heavy atom. The van der Waals surface area contributed by atoms with Crippen LogP contribution in [0.4, 0.5) is 0 Å². The molecule has 0 heterocycles. The standard InChI is InChI=1S/C17H19NO3S/c1-11-8-9-16(13(3)10-11)22(20,21)18-17(19)15-7-5-6-12(2)14(15)4/h5-10H,1-4H3,(H,18,19). The van der Waals surface area contributed by atoms with Crippen LogP contribution in [0.15, 0.2) is 41.3 Å². The van der Waals surface area contributed by atoms with Gasteiger partial charge >= 0.3 is 0 Å². The van der Waals surface area contributed by atoms with Gasteiger partial charge in [0.2, 0.25) is 0 Å². The van der Waals surface area contributed by atoms with Crippen molar-refractivity contribution in [2.75, 3.05) is 0 Å². The highest BCUT2D eigenvalue weighted by atomic mass is 32.2. The molecule has 1 N–H and O–H groups in total.